The summed E-state index contributed by atoms with van der Waals surface area (Å²) in [6, 6.07) is 14.3. The van der Waals surface area contributed by atoms with Crippen LogP contribution < -0.4 is 0 Å². The summed E-state index contributed by atoms with van der Waals surface area (Å²) in [7, 11) is 0. The normalized spacial score (nSPS) is 11.2. The van der Waals surface area contributed by atoms with Crippen molar-refractivity contribution in [1.82, 2.24) is 4.98 Å². The molecule has 0 saturated carbocycles. The van der Waals surface area contributed by atoms with Crippen LogP contribution in [0.1, 0.15) is 21.6 Å². The van der Waals surface area contributed by atoms with Gasteiger partial charge in [0.05, 0.1) is 16.8 Å². The van der Waals surface area contributed by atoms with Crippen molar-refractivity contribution in [3.8, 4) is 0 Å². The number of halogens is 2. The van der Waals surface area contributed by atoms with Gasteiger partial charge in [-0.1, -0.05) is 45.7 Å². The maximum absolute atomic E-state index is 11.5. The van der Waals surface area contributed by atoms with E-state index >= 15 is 0 Å². The average molecular weight is 389 g/mol. The molecule has 3 rings (SSSR count). The number of benzene rings is 2. The summed E-state index contributed by atoms with van der Waals surface area (Å²) in [5.74, 6) is -0.975. The standard InChI is InChI=1S/C18H11BrClNO2/c19-12-4-8-17-15(9-12)16(18(22)23)10-14(21-17)7-3-11-1-5-13(20)6-2-11/h1-10H,(H,22,23)/b7-3+. The van der Waals surface area contributed by atoms with Crippen molar-refractivity contribution in [3.05, 3.63) is 74.8 Å². The third kappa shape index (κ3) is 3.60. The lowest BCUT2D eigenvalue weighted by Gasteiger charge is -2.05. The Bertz CT molecular complexity index is 920. The lowest BCUT2D eigenvalue weighted by atomic mass is 10.1. The molecule has 114 valence electrons. The fourth-order valence-electron chi connectivity index (χ4n) is 2.24. The number of carbonyl (C=O) groups is 1. The molecule has 1 N–H and O–H groups in total. The molecule has 0 radical (unpaired) electrons. The van der Waals surface area contributed by atoms with Gasteiger partial charge in [-0.2, -0.15) is 0 Å². The molecule has 5 heteroatoms. The van der Waals surface area contributed by atoms with Gasteiger partial charge in [-0.15, -0.1) is 0 Å². The highest BCUT2D eigenvalue weighted by Crippen LogP contribution is 2.24. The van der Waals surface area contributed by atoms with Crippen molar-refractivity contribution in [1.29, 1.82) is 0 Å². The van der Waals surface area contributed by atoms with Gasteiger partial charge >= 0.3 is 5.97 Å². The summed E-state index contributed by atoms with van der Waals surface area (Å²) < 4.78 is 0.818. The maximum Gasteiger partial charge on any atom is 0.336 e. The molecule has 0 aliphatic carbocycles. The van der Waals surface area contributed by atoms with Crippen LogP contribution in [0.15, 0.2) is 53.0 Å². The number of nitrogens with zero attached hydrogens (tertiary/aromatic N) is 1. The fourth-order valence-corrected chi connectivity index (χ4v) is 2.72. The van der Waals surface area contributed by atoms with Gasteiger partial charge in [-0.25, -0.2) is 9.78 Å². The van der Waals surface area contributed by atoms with Crippen LogP contribution in [0, 0.1) is 0 Å². The molecule has 0 unspecified atom stereocenters. The lowest BCUT2D eigenvalue weighted by molar-refractivity contribution is 0.0699. The first kappa shape index (κ1) is 15.7. The first-order chi connectivity index (χ1) is 11.0. The van der Waals surface area contributed by atoms with Crippen LogP contribution >= 0.6 is 27.5 Å². The van der Waals surface area contributed by atoms with E-state index in [0.717, 1.165) is 10.0 Å². The first-order valence-electron chi connectivity index (χ1n) is 6.80. The van der Waals surface area contributed by atoms with Crippen LogP contribution in [-0.2, 0) is 0 Å². The largest absolute Gasteiger partial charge is 0.478 e. The van der Waals surface area contributed by atoms with Crippen molar-refractivity contribution in [2.75, 3.05) is 0 Å². The van der Waals surface area contributed by atoms with Crippen molar-refractivity contribution in [2.45, 2.75) is 0 Å². The second kappa shape index (κ2) is 6.52. The number of carboxylic acids is 1. The van der Waals surface area contributed by atoms with Crippen LogP contribution in [0.25, 0.3) is 23.1 Å². The number of aromatic nitrogens is 1. The fraction of sp³-hybridized carbons (Fsp3) is 0. The van der Waals surface area contributed by atoms with E-state index in [0.29, 0.717) is 21.6 Å². The Morgan fingerprint density at radius 1 is 1.09 bits per heavy atom. The Hall–Kier alpha value is -2.17. The highest BCUT2D eigenvalue weighted by Gasteiger charge is 2.11. The highest BCUT2D eigenvalue weighted by atomic mass is 79.9. The van der Waals surface area contributed by atoms with E-state index in [2.05, 4.69) is 20.9 Å². The molecule has 1 heterocycles. The molecule has 3 aromatic rings. The Morgan fingerprint density at radius 2 is 1.83 bits per heavy atom. The number of rotatable bonds is 3. The number of pyridine rings is 1. The molecular formula is C18H11BrClNO2. The molecule has 0 bridgehead atoms. The van der Waals surface area contributed by atoms with E-state index < -0.39 is 5.97 Å². The molecular weight excluding hydrogens is 378 g/mol. The predicted octanol–water partition coefficient (Wildman–Crippen LogP) is 5.52. The molecule has 0 atom stereocenters. The zero-order valence-corrected chi connectivity index (χ0v) is 14.2. The zero-order valence-electron chi connectivity index (χ0n) is 11.8. The third-order valence-electron chi connectivity index (χ3n) is 3.34. The molecule has 0 saturated heterocycles. The molecule has 0 spiro atoms. The zero-order chi connectivity index (χ0) is 16.4. The van der Waals surface area contributed by atoms with Gasteiger partial charge in [-0.3, -0.25) is 0 Å². The first-order valence-corrected chi connectivity index (χ1v) is 7.97. The van der Waals surface area contributed by atoms with E-state index in [9.17, 15) is 9.90 Å². The van der Waals surface area contributed by atoms with Gasteiger partial charge in [0.1, 0.15) is 0 Å². The molecule has 1 aromatic heterocycles. The quantitative estimate of drug-likeness (QED) is 0.643. The van der Waals surface area contributed by atoms with Crippen LogP contribution in [0.5, 0.6) is 0 Å². The minimum absolute atomic E-state index is 0.229. The topological polar surface area (TPSA) is 50.2 Å². The van der Waals surface area contributed by atoms with Crippen molar-refractivity contribution < 1.29 is 9.90 Å². The maximum atomic E-state index is 11.5. The van der Waals surface area contributed by atoms with Gasteiger partial charge < -0.3 is 5.11 Å². The van der Waals surface area contributed by atoms with E-state index in [1.807, 2.05) is 24.3 Å². The van der Waals surface area contributed by atoms with Gasteiger partial charge in [-0.05, 0) is 48.0 Å². The minimum Gasteiger partial charge on any atom is -0.478 e. The molecule has 0 aliphatic heterocycles. The number of aromatic carboxylic acids is 1. The summed E-state index contributed by atoms with van der Waals surface area (Å²) in [4.78, 5) is 16.0. The Balaban J connectivity index is 2.06. The summed E-state index contributed by atoms with van der Waals surface area (Å²) in [5, 5.41) is 10.7. The second-order valence-electron chi connectivity index (χ2n) is 4.95. The molecule has 0 amide bonds. The predicted molar refractivity (Wildman–Crippen MR) is 96.8 cm³/mol. The number of fused-ring (bicyclic) bond motifs is 1. The minimum atomic E-state index is -0.975. The second-order valence-corrected chi connectivity index (χ2v) is 6.30. The Kier molecular flexibility index (Phi) is 4.46. The molecule has 23 heavy (non-hydrogen) atoms. The summed E-state index contributed by atoms with van der Waals surface area (Å²) in [5.41, 5.74) is 2.42. The monoisotopic (exact) mass is 387 g/mol. The van der Waals surface area contributed by atoms with E-state index in [1.54, 1.807) is 36.4 Å². The molecule has 0 aliphatic rings. The summed E-state index contributed by atoms with van der Waals surface area (Å²) in [6.45, 7) is 0. The van der Waals surface area contributed by atoms with Crippen molar-refractivity contribution in [3.63, 3.8) is 0 Å². The molecule has 3 nitrogen and oxygen atoms in total. The number of hydrogen-bond donors (Lipinski definition) is 1. The van der Waals surface area contributed by atoms with Gasteiger partial charge in [0.15, 0.2) is 0 Å². The summed E-state index contributed by atoms with van der Waals surface area (Å²) in [6.07, 6.45) is 3.66. The van der Waals surface area contributed by atoms with Crippen LogP contribution in [-0.4, -0.2) is 16.1 Å². The van der Waals surface area contributed by atoms with E-state index in [1.165, 1.54) is 0 Å². The number of carboxylic acid groups (broad SMARTS) is 1. The summed E-state index contributed by atoms with van der Waals surface area (Å²) >= 11 is 9.21. The van der Waals surface area contributed by atoms with Gasteiger partial charge in [0.2, 0.25) is 0 Å². The van der Waals surface area contributed by atoms with E-state index in [4.69, 9.17) is 11.6 Å². The van der Waals surface area contributed by atoms with Crippen molar-refractivity contribution in [2.24, 2.45) is 0 Å². The van der Waals surface area contributed by atoms with Gasteiger partial charge in [0, 0.05) is 14.9 Å². The third-order valence-corrected chi connectivity index (χ3v) is 4.08. The average Bonchev–Trinajstić information content (AvgIpc) is 2.53. The van der Waals surface area contributed by atoms with Gasteiger partial charge in [0.25, 0.3) is 0 Å². The van der Waals surface area contributed by atoms with Crippen molar-refractivity contribution >= 4 is 56.6 Å². The smallest absolute Gasteiger partial charge is 0.336 e. The molecule has 2 aromatic carbocycles. The Labute approximate surface area is 146 Å². The van der Waals surface area contributed by atoms with Crippen LogP contribution in [0.3, 0.4) is 0 Å². The highest BCUT2D eigenvalue weighted by molar-refractivity contribution is 9.10. The lowest BCUT2D eigenvalue weighted by Crippen LogP contribution is -2.00. The number of hydrogen-bond acceptors (Lipinski definition) is 2. The SMILES string of the molecule is O=C(O)c1cc(/C=C/c2ccc(Cl)cc2)nc2ccc(Br)cc12. The van der Waals surface area contributed by atoms with Crippen LogP contribution in [0.4, 0.5) is 0 Å². The van der Waals surface area contributed by atoms with E-state index in [-0.39, 0.29) is 5.56 Å². The van der Waals surface area contributed by atoms with Crippen LogP contribution in [0.2, 0.25) is 5.02 Å². The Morgan fingerprint density at radius 3 is 2.52 bits per heavy atom. The molecule has 0 fully saturated rings.